The van der Waals surface area contributed by atoms with Crippen molar-refractivity contribution >= 4 is 28.8 Å². The van der Waals surface area contributed by atoms with Crippen LogP contribution in [0.3, 0.4) is 0 Å². The van der Waals surface area contributed by atoms with Gasteiger partial charge in [0.2, 0.25) is 5.91 Å². The summed E-state index contributed by atoms with van der Waals surface area (Å²) < 4.78 is 5.31. The molecule has 3 aromatic rings. The van der Waals surface area contributed by atoms with Gasteiger partial charge < -0.3 is 9.64 Å². The second-order valence-electron chi connectivity index (χ2n) is 10.1. The first-order chi connectivity index (χ1) is 17.4. The van der Waals surface area contributed by atoms with E-state index < -0.39 is 12.0 Å². The van der Waals surface area contributed by atoms with Crippen molar-refractivity contribution in [3.8, 4) is 5.75 Å². The maximum absolute atomic E-state index is 13.9. The lowest BCUT2D eigenvalue weighted by Gasteiger charge is -2.38. The van der Waals surface area contributed by atoms with Crippen molar-refractivity contribution < 1.29 is 14.3 Å². The molecule has 2 aliphatic rings. The van der Waals surface area contributed by atoms with Gasteiger partial charge in [0, 0.05) is 19.1 Å². The smallest absolute Gasteiger partial charge is 0.224 e. The van der Waals surface area contributed by atoms with Crippen LogP contribution in [0.25, 0.3) is 0 Å². The van der Waals surface area contributed by atoms with E-state index in [1.807, 2.05) is 48.5 Å². The highest BCUT2D eigenvalue weighted by Gasteiger charge is 2.45. The fourth-order valence-corrected chi connectivity index (χ4v) is 5.59. The lowest BCUT2D eigenvalue weighted by molar-refractivity contribution is -0.123. The van der Waals surface area contributed by atoms with Gasteiger partial charge in [-0.2, -0.15) is 0 Å². The quantitative estimate of drug-likeness (QED) is 0.414. The average molecular weight is 481 g/mol. The van der Waals surface area contributed by atoms with Gasteiger partial charge in [-0.05, 0) is 59.2 Å². The molecule has 1 amide bonds. The van der Waals surface area contributed by atoms with Crippen molar-refractivity contribution in [3.05, 3.63) is 89.5 Å². The van der Waals surface area contributed by atoms with Gasteiger partial charge in [-0.1, -0.05) is 62.4 Å². The van der Waals surface area contributed by atoms with E-state index in [2.05, 4.69) is 38.1 Å². The van der Waals surface area contributed by atoms with Crippen molar-refractivity contribution in [1.82, 2.24) is 0 Å². The highest BCUT2D eigenvalue weighted by molar-refractivity contribution is 6.13. The fourth-order valence-electron chi connectivity index (χ4n) is 5.59. The van der Waals surface area contributed by atoms with Crippen molar-refractivity contribution in [1.29, 1.82) is 0 Å². The summed E-state index contributed by atoms with van der Waals surface area (Å²) in [5, 5.41) is 0. The number of Topliss-reactive ketones (excluding diaryl/α,β-unsaturated/α-hetero) is 1. The predicted molar refractivity (Wildman–Crippen MR) is 143 cm³/mol. The molecule has 1 saturated carbocycles. The Bertz CT molecular complexity index is 1310. The van der Waals surface area contributed by atoms with Crippen molar-refractivity contribution in [2.45, 2.75) is 51.5 Å². The molecular weight excluding hydrogens is 448 g/mol. The first-order valence-electron chi connectivity index (χ1n) is 12.6. The molecule has 5 rings (SSSR count). The number of para-hydroxylation sites is 2. The Hall–Kier alpha value is -3.73. The van der Waals surface area contributed by atoms with E-state index in [9.17, 15) is 9.59 Å². The molecule has 1 aliphatic heterocycles. The molecule has 5 nitrogen and oxygen atoms in total. The van der Waals surface area contributed by atoms with Gasteiger partial charge in [0.15, 0.2) is 0 Å². The van der Waals surface area contributed by atoms with Gasteiger partial charge in [-0.3, -0.25) is 14.6 Å². The van der Waals surface area contributed by atoms with E-state index in [1.165, 1.54) is 5.56 Å². The number of fused-ring (bicyclic) bond motifs is 2. The Balaban J connectivity index is 1.62. The Morgan fingerprint density at radius 2 is 1.61 bits per heavy atom. The van der Waals surface area contributed by atoms with Crippen LogP contribution < -0.4 is 9.64 Å². The SMILES string of the molecule is COc1ccc(C2CC(=O)C3C(=Nc4ccccc4N(C(C)=O)C3c3ccc(C(C)C)cc3)C2)cc1. The number of anilines is 1. The van der Waals surface area contributed by atoms with E-state index in [4.69, 9.17) is 9.73 Å². The molecule has 184 valence electrons. The predicted octanol–water partition coefficient (Wildman–Crippen LogP) is 6.76. The Kier molecular flexibility index (Phi) is 6.48. The molecule has 0 saturated heterocycles. The summed E-state index contributed by atoms with van der Waals surface area (Å²) in [6, 6.07) is 23.6. The zero-order chi connectivity index (χ0) is 25.4. The first kappa shape index (κ1) is 24.0. The second-order valence-corrected chi connectivity index (χ2v) is 10.1. The van der Waals surface area contributed by atoms with Crippen LogP contribution in [-0.4, -0.2) is 24.5 Å². The molecule has 1 heterocycles. The molecule has 1 aliphatic carbocycles. The van der Waals surface area contributed by atoms with Crippen LogP contribution in [0, 0.1) is 5.92 Å². The molecule has 3 atom stereocenters. The van der Waals surface area contributed by atoms with E-state index >= 15 is 0 Å². The Morgan fingerprint density at radius 1 is 0.944 bits per heavy atom. The number of hydrogen-bond acceptors (Lipinski definition) is 4. The van der Waals surface area contributed by atoms with E-state index in [0.717, 1.165) is 34.0 Å². The van der Waals surface area contributed by atoms with Crippen molar-refractivity contribution in [2.24, 2.45) is 10.9 Å². The van der Waals surface area contributed by atoms with Crippen LogP contribution in [0.4, 0.5) is 11.4 Å². The summed E-state index contributed by atoms with van der Waals surface area (Å²) in [7, 11) is 1.65. The van der Waals surface area contributed by atoms with Crippen LogP contribution in [0.1, 0.15) is 68.2 Å². The van der Waals surface area contributed by atoms with Crippen LogP contribution >= 0.6 is 0 Å². The highest BCUT2D eigenvalue weighted by Crippen LogP contribution is 2.47. The maximum atomic E-state index is 13.9. The zero-order valence-electron chi connectivity index (χ0n) is 21.3. The number of nitrogens with zero attached hydrogens (tertiary/aromatic N) is 2. The number of hydrogen-bond donors (Lipinski definition) is 0. The number of rotatable bonds is 4. The van der Waals surface area contributed by atoms with Crippen molar-refractivity contribution in [3.63, 3.8) is 0 Å². The van der Waals surface area contributed by atoms with E-state index in [1.54, 1.807) is 18.9 Å². The minimum atomic E-state index is -0.485. The van der Waals surface area contributed by atoms with E-state index in [0.29, 0.717) is 18.8 Å². The third-order valence-corrected chi connectivity index (χ3v) is 7.48. The molecular formula is C31H32N2O3. The lowest BCUT2D eigenvalue weighted by Crippen LogP contribution is -2.45. The number of carbonyl (C=O) groups excluding carboxylic acids is 2. The molecule has 0 aromatic heterocycles. The van der Waals surface area contributed by atoms with Gasteiger partial charge in [-0.25, -0.2) is 0 Å². The molecule has 5 heteroatoms. The van der Waals surface area contributed by atoms with Gasteiger partial charge >= 0.3 is 0 Å². The number of aliphatic imine (C=N–C) groups is 1. The minimum Gasteiger partial charge on any atom is -0.497 e. The molecule has 36 heavy (non-hydrogen) atoms. The largest absolute Gasteiger partial charge is 0.497 e. The summed E-state index contributed by atoms with van der Waals surface area (Å²) in [5.74, 6) is 0.775. The molecule has 0 spiro atoms. The Morgan fingerprint density at radius 3 is 2.25 bits per heavy atom. The second kappa shape index (κ2) is 9.73. The zero-order valence-corrected chi connectivity index (χ0v) is 21.3. The molecule has 0 radical (unpaired) electrons. The molecule has 3 aromatic carbocycles. The molecule has 1 fully saturated rings. The third kappa shape index (κ3) is 4.34. The van der Waals surface area contributed by atoms with Crippen LogP contribution in [0.2, 0.25) is 0 Å². The van der Waals surface area contributed by atoms with E-state index in [-0.39, 0.29) is 17.6 Å². The topological polar surface area (TPSA) is 59.0 Å². The Labute approximate surface area is 212 Å². The van der Waals surface area contributed by atoms with Gasteiger partial charge in [0.1, 0.15) is 11.5 Å². The van der Waals surface area contributed by atoms with Crippen LogP contribution in [0.15, 0.2) is 77.8 Å². The number of benzene rings is 3. The minimum absolute atomic E-state index is 0.0402. The lowest BCUT2D eigenvalue weighted by atomic mass is 9.72. The number of methoxy groups -OCH3 is 1. The number of carbonyl (C=O) groups is 2. The normalized spacial score (nSPS) is 21.4. The summed E-state index contributed by atoms with van der Waals surface area (Å²) in [5.41, 5.74) is 5.62. The van der Waals surface area contributed by atoms with Crippen LogP contribution in [-0.2, 0) is 9.59 Å². The first-order valence-corrected chi connectivity index (χ1v) is 12.6. The third-order valence-electron chi connectivity index (χ3n) is 7.48. The standard InChI is InChI=1S/C31H32N2O3/c1-19(2)21-9-11-23(12-10-21)31-30-27(32-26-7-5-6-8-28(26)33(31)20(3)34)17-24(18-29(30)35)22-13-15-25(36-4)16-14-22/h5-16,19,24,30-31H,17-18H2,1-4H3. The summed E-state index contributed by atoms with van der Waals surface area (Å²) >= 11 is 0. The molecule has 3 unspecified atom stereocenters. The van der Waals surface area contributed by atoms with Crippen molar-refractivity contribution in [2.75, 3.05) is 12.0 Å². The van der Waals surface area contributed by atoms with Crippen LogP contribution in [0.5, 0.6) is 5.75 Å². The van der Waals surface area contributed by atoms with Gasteiger partial charge in [0.25, 0.3) is 0 Å². The number of ketones is 1. The fraction of sp³-hybridized carbons (Fsp3) is 0.323. The summed E-state index contributed by atoms with van der Waals surface area (Å²) in [4.78, 5) is 33.9. The molecule has 0 bridgehead atoms. The number of ether oxygens (including phenoxy) is 1. The summed E-state index contributed by atoms with van der Waals surface area (Å²) in [6.45, 7) is 5.89. The maximum Gasteiger partial charge on any atom is 0.224 e. The van der Waals surface area contributed by atoms with Gasteiger partial charge in [0.05, 0.1) is 30.4 Å². The summed E-state index contributed by atoms with van der Waals surface area (Å²) in [6.07, 6.45) is 1.09. The highest BCUT2D eigenvalue weighted by atomic mass is 16.5. The monoisotopic (exact) mass is 480 g/mol. The average Bonchev–Trinajstić information content (AvgIpc) is 3.03. The molecule has 0 N–H and O–H groups in total. The van der Waals surface area contributed by atoms with Gasteiger partial charge in [-0.15, -0.1) is 0 Å². The number of amides is 1.